The van der Waals surface area contributed by atoms with Gasteiger partial charge in [-0.05, 0) is 82.0 Å². The second kappa shape index (κ2) is 11.3. The fourth-order valence-corrected chi connectivity index (χ4v) is 3.93. The molecule has 174 valence electrons. The minimum Gasteiger partial charge on any atom is -0.493 e. The van der Waals surface area contributed by atoms with Gasteiger partial charge in [-0.25, -0.2) is 0 Å². The molecule has 0 bridgehead atoms. The van der Waals surface area contributed by atoms with Crippen LogP contribution in [0, 0.1) is 0 Å². The van der Waals surface area contributed by atoms with E-state index in [9.17, 15) is 9.59 Å². The maximum absolute atomic E-state index is 12.1. The Balaban J connectivity index is 1.64. The fraction of sp³-hybridized carbons (Fsp3) is 0.292. The molecule has 1 fully saturated rings. The number of hydrogen-bond acceptors (Lipinski definition) is 6. The maximum atomic E-state index is 12.1. The Labute approximate surface area is 206 Å². The summed E-state index contributed by atoms with van der Waals surface area (Å²) in [5.74, 6) is 1.12. The Morgan fingerprint density at radius 1 is 1.06 bits per heavy atom. The lowest BCUT2D eigenvalue weighted by Gasteiger charge is -2.17. The van der Waals surface area contributed by atoms with Crippen LogP contribution in [0.5, 0.6) is 17.2 Å². The lowest BCUT2D eigenvalue weighted by atomic mass is 9.99. The Bertz CT molecular complexity index is 1060. The van der Waals surface area contributed by atoms with Crippen molar-refractivity contribution in [2.75, 3.05) is 20.3 Å². The zero-order valence-electron chi connectivity index (χ0n) is 18.6. The van der Waals surface area contributed by atoms with E-state index in [1.54, 1.807) is 12.1 Å². The minimum atomic E-state index is -0.562. The van der Waals surface area contributed by atoms with E-state index in [1.165, 1.54) is 18.7 Å². The second-order valence-electron chi connectivity index (χ2n) is 7.40. The number of thiocarbonyl (C=S) groups is 1. The number of halogens is 1. The molecule has 0 saturated carbocycles. The van der Waals surface area contributed by atoms with E-state index < -0.39 is 11.8 Å². The zero-order valence-corrected chi connectivity index (χ0v) is 21.0. The van der Waals surface area contributed by atoms with Gasteiger partial charge in [0.1, 0.15) is 24.5 Å². The van der Waals surface area contributed by atoms with Crippen molar-refractivity contribution >= 4 is 51.2 Å². The number of hydrogen-bond donors (Lipinski definition) is 2. The lowest BCUT2D eigenvalue weighted by molar-refractivity contribution is -0.123. The third-order valence-electron chi connectivity index (χ3n) is 5.17. The molecule has 33 heavy (non-hydrogen) atoms. The van der Waals surface area contributed by atoms with Gasteiger partial charge in [0.2, 0.25) is 0 Å². The summed E-state index contributed by atoms with van der Waals surface area (Å²) in [7, 11) is 1.51. The van der Waals surface area contributed by atoms with Crippen LogP contribution in [0.3, 0.4) is 0 Å². The van der Waals surface area contributed by atoms with Crippen LogP contribution >= 0.6 is 28.1 Å². The van der Waals surface area contributed by atoms with Crippen LogP contribution in [-0.2, 0) is 9.59 Å². The molecular formula is C24H25BrN2O5S. The summed E-state index contributed by atoms with van der Waals surface area (Å²) in [4.78, 5) is 24.2. The largest absolute Gasteiger partial charge is 0.493 e. The first kappa shape index (κ1) is 24.7. The topological polar surface area (TPSA) is 85.9 Å². The summed E-state index contributed by atoms with van der Waals surface area (Å²) >= 11 is 8.28. The Morgan fingerprint density at radius 2 is 1.70 bits per heavy atom. The second-order valence-corrected chi connectivity index (χ2v) is 8.67. The highest BCUT2D eigenvalue weighted by molar-refractivity contribution is 9.10. The standard InChI is InChI=1S/C24H25BrN2O5S/c1-4-14(2)16-5-7-17(8-6-16)31-9-10-32-21-19(25)12-15(13-20(21)30-3)11-18-22(28)26-24(33)27-23(18)29/h5-8,11-14H,4,9-10H2,1-3H3,(H2,26,27,28,29,33). The summed E-state index contributed by atoms with van der Waals surface area (Å²) in [6, 6.07) is 11.5. The van der Waals surface area contributed by atoms with Crippen LogP contribution in [0.1, 0.15) is 37.3 Å². The molecule has 2 aromatic rings. The minimum absolute atomic E-state index is 0.0154. The number of amides is 2. The molecule has 1 unspecified atom stereocenters. The van der Waals surface area contributed by atoms with Gasteiger partial charge in [0.15, 0.2) is 16.6 Å². The number of nitrogens with one attached hydrogen (secondary N) is 2. The maximum Gasteiger partial charge on any atom is 0.263 e. The van der Waals surface area contributed by atoms with Crippen molar-refractivity contribution in [3.05, 3.63) is 57.6 Å². The van der Waals surface area contributed by atoms with Gasteiger partial charge in [0.05, 0.1) is 11.6 Å². The highest BCUT2D eigenvalue weighted by Gasteiger charge is 2.26. The molecule has 2 aromatic carbocycles. The summed E-state index contributed by atoms with van der Waals surface area (Å²) < 4.78 is 17.7. The van der Waals surface area contributed by atoms with Gasteiger partial charge in [-0.2, -0.15) is 0 Å². The van der Waals surface area contributed by atoms with Gasteiger partial charge < -0.3 is 14.2 Å². The van der Waals surface area contributed by atoms with Crippen LogP contribution in [-0.4, -0.2) is 37.3 Å². The van der Waals surface area contributed by atoms with Crippen molar-refractivity contribution in [2.45, 2.75) is 26.2 Å². The Morgan fingerprint density at radius 3 is 2.30 bits per heavy atom. The summed E-state index contributed by atoms with van der Waals surface area (Å²) in [6.45, 7) is 5.02. The predicted octanol–water partition coefficient (Wildman–Crippen LogP) is 4.34. The van der Waals surface area contributed by atoms with Crippen molar-refractivity contribution in [2.24, 2.45) is 0 Å². The average molecular weight is 533 g/mol. The fourth-order valence-electron chi connectivity index (χ4n) is 3.17. The van der Waals surface area contributed by atoms with Crippen molar-refractivity contribution in [3.63, 3.8) is 0 Å². The van der Waals surface area contributed by atoms with Gasteiger partial charge in [-0.3, -0.25) is 20.2 Å². The average Bonchev–Trinajstić information content (AvgIpc) is 2.79. The van der Waals surface area contributed by atoms with E-state index in [2.05, 4.69) is 52.5 Å². The molecule has 1 aliphatic rings. The van der Waals surface area contributed by atoms with Crippen LogP contribution in [0.4, 0.5) is 0 Å². The molecule has 2 N–H and O–H groups in total. The molecule has 0 aliphatic carbocycles. The van der Waals surface area contributed by atoms with Gasteiger partial charge in [-0.15, -0.1) is 0 Å². The quantitative estimate of drug-likeness (QED) is 0.216. The lowest BCUT2D eigenvalue weighted by Crippen LogP contribution is -2.51. The van der Waals surface area contributed by atoms with E-state index in [-0.39, 0.29) is 10.7 Å². The molecule has 1 heterocycles. The number of rotatable bonds is 9. The van der Waals surface area contributed by atoms with Gasteiger partial charge in [0.25, 0.3) is 11.8 Å². The van der Waals surface area contributed by atoms with Crippen LogP contribution < -0.4 is 24.8 Å². The molecule has 0 radical (unpaired) electrons. The van der Waals surface area contributed by atoms with Gasteiger partial charge >= 0.3 is 0 Å². The van der Waals surface area contributed by atoms with Crippen LogP contribution in [0.15, 0.2) is 46.4 Å². The first-order valence-corrected chi connectivity index (χ1v) is 11.6. The monoisotopic (exact) mass is 532 g/mol. The molecular weight excluding hydrogens is 508 g/mol. The highest BCUT2D eigenvalue weighted by Crippen LogP contribution is 2.37. The third kappa shape index (κ3) is 6.33. The SMILES string of the molecule is CCC(C)c1ccc(OCCOc2c(Br)cc(C=C3C(=O)NC(=S)NC3=O)cc2OC)cc1. The summed E-state index contributed by atoms with van der Waals surface area (Å²) in [5.41, 5.74) is 1.81. The zero-order chi connectivity index (χ0) is 24.0. The molecule has 1 atom stereocenters. The number of methoxy groups -OCH3 is 1. The number of carbonyl (C=O) groups is 2. The molecule has 9 heteroatoms. The molecule has 3 rings (SSSR count). The smallest absolute Gasteiger partial charge is 0.263 e. The summed E-state index contributed by atoms with van der Waals surface area (Å²) in [6.07, 6.45) is 2.55. The number of carbonyl (C=O) groups excluding carboxylic acids is 2. The first-order valence-electron chi connectivity index (χ1n) is 10.4. The molecule has 1 saturated heterocycles. The molecule has 0 aromatic heterocycles. The Hall–Kier alpha value is -2.91. The van der Waals surface area contributed by atoms with Crippen molar-refractivity contribution in [3.8, 4) is 17.2 Å². The molecule has 0 spiro atoms. The molecule has 1 aliphatic heterocycles. The van der Waals surface area contributed by atoms with E-state index in [0.29, 0.717) is 40.7 Å². The Kier molecular flexibility index (Phi) is 8.46. The van der Waals surface area contributed by atoms with Crippen LogP contribution in [0.2, 0.25) is 0 Å². The van der Waals surface area contributed by atoms with E-state index in [1.807, 2.05) is 12.1 Å². The third-order valence-corrected chi connectivity index (χ3v) is 5.96. The summed E-state index contributed by atoms with van der Waals surface area (Å²) in [5, 5.41) is 4.79. The van der Waals surface area contributed by atoms with Crippen molar-refractivity contribution in [1.29, 1.82) is 0 Å². The van der Waals surface area contributed by atoms with E-state index in [0.717, 1.165) is 12.2 Å². The van der Waals surface area contributed by atoms with Gasteiger partial charge in [-0.1, -0.05) is 26.0 Å². The number of ether oxygens (including phenoxy) is 3. The van der Waals surface area contributed by atoms with Crippen molar-refractivity contribution < 1.29 is 23.8 Å². The van der Waals surface area contributed by atoms with Crippen molar-refractivity contribution in [1.82, 2.24) is 10.6 Å². The predicted molar refractivity (Wildman–Crippen MR) is 134 cm³/mol. The first-order chi connectivity index (χ1) is 15.8. The van der Waals surface area contributed by atoms with Crippen LogP contribution in [0.25, 0.3) is 6.08 Å². The molecule has 2 amide bonds. The van der Waals surface area contributed by atoms with E-state index in [4.69, 9.17) is 26.4 Å². The normalized spacial score (nSPS) is 14.3. The van der Waals surface area contributed by atoms with E-state index >= 15 is 0 Å². The highest BCUT2D eigenvalue weighted by atomic mass is 79.9. The molecule has 7 nitrogen and oxygen atoms in total. The van der Waals surface area contributed by atoms with Gasteiger partial charge in [0, 0.05) is 0 Å². The number of benzene rings is 2.